The van der Waals surface area contributed by atoms with E-state index in [-0.39, 0.29) is 0 Å². The summed E-state index contributed by atoms with van der Waals surface area (Å²) in [6.45, 7) is 2.14. The minimum Gasteiger partial charge on any atom is -0.286 e. The van der Waals surface area contributed by atoms with Gasteiger partial charge in [0.15, 0.2) is 0 Å². The van der Waals surface area contributed by atoms with Gasteiger partial charge in [-0.1, -0.05) is 13.3 Å². The SMILES string of the molecule is CCCc1cc[nH]ncccn1. The number of aromatic nitrogens is 3. The van der Waals surface area contributed by atoms with Gasteiger partial charge in [0.1, 0.15) is 0 Å². The van der Waals surface area contributed by atoms with Crippen molar-refractivity contribution in [2.75, 3.05) is 0 Å². The van der Waals surface area contributed by atoms with E-state index in [0.717, 1.165) is 18.5 Å². The van der Waals surface area contributed by atoms with Gasteiger partial charge in [0, 0.05) is 24.3 Å². The molecule has 1 aromatic heterocycles. The smallest absolute Gasteiger partial charge is 0.0487 e. The molecule has 0 aliphatic carbocycles. The maximum atomic E-state index is 4.25. The Kier molecular flexibility index (Phi) is 3.84. The third-order valence-electron chi connectivity index (χ3n) is 1.42. The zero-order chi connectivity index (χ0) is 8.65. The molecule has 1 N–H and O–H groups in total. The van der Waals surface area contributed by atoms with Crippen LogP contribution in [0, 0.1) is 0 Å². The molecule has 12 heavy (non-hydrogen) atoms. The fraction of sp³-hybridized carbons (Fsp3) is 0.333. The summed E-state index contributed by atoms with van der Waals surface area (Å²) in [6, 6.07) is 3.74. The van der Waals surface area contributed by atoms with Crippen LogP contribution >= 0.6 is 0 Å². The minimum atomic E-state index is 1.00. The van der Waals surface area contributed by atoms with E-state index in [0.29, 0.717) is 0 Å². The number of nitrogens with one attached hydrogen (secondary N) is 1. The number of rotatable bonds is 2. The zero-order valence-electron chi connectivity index (χ0n) is 7.20. The molecule has 0 unspecified atom stereocenters. The molecule has 0 radical (unpaired) electrons. The summed E-state index contributed by atoms with van der Waals surface area (Å²) in [5.41, 5.74) is 1.08. The average molecular weight is 163 g/mol. The number of hydrogen-bond donors (Lipinski definition) is 1. The van der Waals surface area contributed by atoms with E-state index in [4.69, 9.17) is 0 Å². The second kappa shape index (κ2) is 5.29. The molecule has 3 heteroatoms. The van der Waals surface area contributed by atoms with Crippen molar-refractivity contribution in [1.82, 2.24) is 15.2 Å². The molecule has 1 aromatic rings. The van der Waals surface area contributed by atoms with Crippen LogP contribution in [0.3, 0.4) is 0 Å². The maximum absolute atomic E-state index is 4.25. The average Bonchev–Trinajstić information content (AvgIpc) is 2.19. The lowest BCUT2D eigenvalue weighted by molar-refractivity contribution is 0.884. The van der Waals surface area contributed by atoms with Crippen LogP contribution in [0.2, 0.25) is 0 Å². The number of H-pyrrole nitrogens is 1. The first-order valence-corrected chi connectivity index (χ1v) is 4.10. The Morgan fingerprint density at radius 1 is 1.42 bits per heavy atom. The van der Waals surface area contributed by atoms with E-state index < -0.39 is 0 Å². The molecule has 0 fully saturated rings. The molecule has 1 rings (SSSR count). The lowest BCUT2D eigenvalue weighted by Gasteiger charge is -1.89. The van der Waals surface area contributed by atoms with Gasteiger partial charge in [-0.15, -0.1) is 0 Å². The molecule has 0 spiro atoms. The molecule has 3 nitrogen and oxygen atoms in total. The Bertz CT molecular complexity index is 242. The highest BCUT2D eigenvalue weighted by molar-refractivity contribution is 4.96. The van der Waals surface area contributed by atoms with Crippen molar-refractivity contribution in [3.63, 3.8) is 0 Å². The third kappa shape index (κ3) is 3.14. The first kappa shape index (κ1) is 8.71. The van der Waals surface area contributed by atoms with Crippen LogP contribution in [0.1, 0.15) is 19.0 Å². The van der Waals surface area contributed by atoms with Gasteiger partial charge >= 0.3 is 0 Å². The Hall–Kier alpha value is -1.38. The molecule has 0 amide bonds. The van der Waals surface area contributed by atoms with Gasteiger partial charge in [0.2, 0.25) is 0 Å². The lowest BCUT2D eigenvalue weighted by atomic mass is 10.2. The Labute approximate surface area is 72.2 Å². The third-order valence-corrected chi connectivity index (χ3v) is 1.42. The second-order valence-corrected chi connectivity index (χ2v) is 2.45. The number of aromatic amines is 1. The maximum Gasteiger partial charge on any atom is 0.0487 e. The van der Waals surface area contributed by atoms with Crippen molar-refractivity contribution in [2.45, 2.75) is 19.8 Å². The van der Waals surface area contributed by atoms with Gasteiger partial charge in [-0.25, -0.2) is 0 Å². The summed E-state index contributed by atoms with van der Waals surface area (Å²) in [5.74, 6) is 0. The summed E-state index contributed by atoms with van der Waals surface area (Å²) >= 11 is 0. The summed E-state index contributed by atoms with van der Waals surface area (Å²) in [5, 5.41) is 6.64. The molecule has 1 heterocycles. The molecular formula is C9H13N3. The van der Waals surface area contributed by atoms with Crippen molar-refractivity contribution in [2.24, 2.45) is 0 Å². The second-order valence-electron chi connectivity index (χ2n) is 2.45. The molecule has 0 atom stereocenters. The predicted octanol–water partition coefficient (Wildman–Crippen LogP) is 1.88. The monoisotopic (exact) mass is 163 g/mol. The minimum absolute atomic E-state index is 1.00. The van der Waals surface area contributed by atoms with E-state index in [1.165, 1.54) is 0 Å². The Balaban J connectivity index is 2.93. The van der Waals surface area contributed by atoms with Crippen LogP contribution in [0.15, 0.2) is 30.7 Å². The number of aryl methyl sites for hydroxylation is 1. The van der Waals surface area contributed by atoms with E-state index >= 15 is 0 Å². The van der Waals surface area contributed by atoms with Crippen molar-refractivity contribution < 1.29 is 0 Å². The van der Waals surface area contributed by atoms with Crippen molar-refractivity contribution in [3.8, 4) is 0 Å². The van der Waals surface area contributed by atoms with Crippen LogP contribution in [0.4, 0.5) is 0 Å². The fourth-order valence-corrected chi connectivity index (χ4v) is 0.887. The standard InChI is InChI=1S/C9H13N3/c1-2-4-9-5-8-12-11-7-3-6-10-9/h3,5-8,12H,2,4H2,1H3. The highest BCUT2D eigenvalue weighted by atomic mass is 15.1. The Morgan fingerprint density at radius 2 is 2.33 bits per heavy atom. The summed E-state index contributed by atoms with van der Waals surface area (Å²) in [7, 11) is 0. The lowest BCUT2D eigenvalue weighted by Crippen LogP contribution is -1.83. The van der Waals surface area contributed by atoms with Crippen LogP contribution in [0.25, 0.3) is 0 Å². The van der Waals surface area contributed by atoms with E-state index in [9.17, 15) is 0 Å². The van der Waals surface area contributed by atoms with Gasteiger partial charge in [-0.2, -0.15) is 5.10 Å². The highest BCUT2D eigenvalue weighted by Gasteiger charge is 1.85. The van der Waals surface area contributed by atoms with Crippen molar-refractivity contribution >= 4 is 0 Å². The van der Waals surface area contributed by atoms with Gasteiger partial charge in [-0.3, -0.25) is 10.1 Å². The van der Waals surface area contributed by atoms with E-state index in [2.05, 4.69) is 22.1 Å². The van der Waals surface area contributed by atoms with Gasteiger partial charge in [0.05, 0.1) is 0 Å². The van der Waals surface area contributed by atoms with Crippen molar-refractivity contribution in [1.29, 1.82) is 0 Å². The molecule has 0 aliphatic rings. The highest BCUT2D eigenvalue weighted by Crippen LogP contribution is 1.93. The molecule has 0 aliphatic heterocycles. The molecule has 0 aromatic carbocycles. The fourth-order valence-electron chi connectivity index (χ4n) is 0.887. The quantitative estimate of drug-likeness (QED) is 0.723. The van der Waals surface area contributed by atoms with E-state index in [1.54, 1.807) is 24.7 Å². The van der Waals surface area contributed by atoms with Crippen LogP contribution in [-0.2, 0) is 6.42 Å². The molecule has 0 saturated heterocycles. The molecule has 64 valence electrons. The van der Waals surface area contributed by atoms with Gasteiger partial charge in [-0.05, 0) is 18.6 Å². The Morgan fingerprint density at radius 3 is 3.17 bits per heavy atom. The first-order valence-electron chi connectivity index (χ1n) is 4.10. The van der Waals surface area contributed by atoms with E-state index in [1.807, 2.05) is 6.07 Å². The molecular weight excluding hydrogens is 150 g/mol. The number of hydrogen-bond acceptors (Lipinski definition) is 2. The van der Waals surface area contributed by atoms with Gasteiger partial charge in [0.25, 0.3) is 0 Å². The summed E-state index contributed by atoms with van der Waals surface area (Å²) in [4.78, 5) is 4.25. The van der Waals surface area contributed by atoms with Crippen LogP contribution in [-0.4, -0.2) is 15.2 Å². The largest absolute Gasteiger partial charge is 0.286 e. The molecule has 0 saturated carbocycles. The topological polar surface area (TPSA) is 41.6 Å². The summed E-state index contributed by atoms with van der Waals surface area (Å²) in [6.07, 6.45) is 7.33. The molecule has 0 bridgehead atoms. The normalized spacial score (nSPS) is 9.08. The van der Waals surface area contributed by atoms with Gasteiger partial charge < -0.3 is 0 Å². The summed E-state index contributed by atoms with van der Waals surface area (Å²) < 4.78 is 0. The first-order chi connectivity index (χ1) is 5.93. The van der Waals surface area contributed by atoms with Crippen LogP contribution in [0.5, 0.6) is 0 Å². The van der Waals surface area contributed by atoms with Crippen molar-refractivity contribution in [3.05, 3.63) is 36.4 Å². The number of nitrogens with zero attached hydrogens (tertiary/aromatic N) is 2. The van der Waals surface area contributed by atoms with Crippen LogP contribution < -0.4 is 0 Å². The zero-order valence-corrected chi connectivity index (χ0v) is 7.20. The predicted molar refractivity (Wildman–Crippen MR) is 48.0 cm³/mol.